The number of hydrogen-bond donors (Lipinski definition) is 1. The molecule has 0 saturated heterocycles. The second-order valence-corrected chi connectivity index (χ2v) is 8.91. The van der Waals surface area contributed by atoms with E-state index in [1.165, 1.54) is 0 Å². The average Bonchev–Trinajstić information content (AvgIpc) is 3.30. The Bertz CT molecular complexity index is 1180. The smallest absolute Gasteiger partial charge is 0.314 e. The minimum atomic E-state index is -0.746. The monoisotopic (exact) mass is 440 g/mol. The van der Waals surface area contributed by atoms with Crippen molar-refractivity contribution in [2.45, 2.75) is 38.6 Å². The minimum Gasteiger partial charge on any atom is -0.465 e. The van der Waals surface area contributed by atoms with Gasteiger partial charge in [0.2, 0.25) is 0 Å². The molecule has 1 aliphatic carbocycles. The van der Waals surface area contributed by atoms with Crippen molar-refractivity contribution in [3.8, 4) is 0 Å². The van der Waals surface area contributed by atoms with Gasteiger partial charge in [0.25, 0.3) is 5.91 Å². The Morgan fingerprint density at radius 2 is 2.16 bits per heavy atom. The first kappa shape index (κ1) is 20.1. The number of H-pyrrole nitrogens is 1. The highest BCUT2D eigenvalue weighted by Gasteiger charge is 2.57. The van der Waals surface area contributed by atoms with Crippen molar-refractivity contribution in [2.75, 3.05) is 13.2 Å². The van der Waals surface area contributed by atoms with E-state index < -0.39 is 11.5 Å². The van der Waals surface area contributed by atoms with Crippen LogP contribution in [0.1, 0.15) is 54.0 Å². The molecule has 1 saturated carbocycles. The van der Waals surface area contributed by atoms with Crippen LogP contribution in [0.25, 0.3) is 10.9 Å². The van der Waals surface area contributed by atoms with Crippen LogP contribution in [0.5, 0.6) is 0 Å². The molecule has 3 aromatic rings. The molecule has 8 heteroatoms. The Morgan fingerprint density at radius 3 is 2.81 bits per heavy atom. The van der Waals surface area contributed by atoms with Crippen LogP contribution < -0.4 is 0 Å². The number of rotatable bonds is 4. The number of nitrogens with zero attached hydrogens (tertiary/aromatic N) is 3. The number of aromatic amines is 1. The number of benzene rings is 1. The van der Waals surface area contributed by atoms with Gasteiger partial charge >= 0.3 is 5.97 Å². The standard InChI is InChI=1S/C23H25ClN4O3/c1-3-31-22(30)23(8-4-9-23)20-19-15(16-11-14(24)5-6-17(16)26-19)7-10-28(20)21(29)18-12-25-13-27(18)2/h5-6,11-13,20,26H,3-4,7-10H2,1-2H3. The van der Waals surface area contributed by atoms with Crippen LogP contribution in [0.15, 0.2) is 30.7 Å². The zero-order valence-corrected chi connectivity index (χ0v) is 18.4. The predicted octanol–water partition coefficient (Wildman–Crippen LogP) is 4.03. The van der Waals surface area contributed by atoms with Gasteiger partial charge in [-0.25, -0.2) is 4.98 Å². The lowest BCUT2D eigenvalue weighted by Crippen LogP contribution is -2.55. The summed E-state index contributed by atoms with van der Waals surface area (Å²) in [5.74, 6) is -0.346. The molecule has 0 radical (unpaired) electrons. The fourth-order valence-electron chi connectivity index (χ4n) is 5.19. The van der Waals surface area contributed by atoms with Crippen molar-refractivity contribution in [1.29, 1.82) is 0 Å². The van der Waals surface area contributed by atoms with E-state index >= 15 is 0 Å². The Balaban J connectivity index is 1.68. The number of ether oxygens (including phenoxy) is 1. The van der Waals surface area contributed by atoms with Gasteiger partial charge in [0.15, 0.2) is 0 Å². The fourth-order valence-corrected chi connectivity index (χ4v) is 5.36. The summed E-state index contributed by atoms with van der Waals surface area (Å²) in [7, 11) is 1.81. The lowest BCUT2D eigenvalue weighted by molar-refractivity contribution is -0.168. The van der Waals surface area contributed by atoms with Crippen molar-refractivity contribution in [2.24, 2.45) is 12.5 Å². The summed E-state index contributed by atoms with van der Waals surface area (Å²) in [4.78, 5) is 36.3. The van der Waals surface area contributed by atoms with E-state index in [-0.39, 0.29) is 11.9 Å². The molecule has 1 aliphatic heterocycles. The van der Waals surface area contributed by atoms with Crippen LogP contribution in [0.2, 0.25) is 5.02 Å². The number of carbonyl (C=O) groups is 2. The van der Waals surface area contributed by atoms with E-state index in [0.29, 0.717) is 43.1 Å². The van der Waals surface area contributed by atoms with Crippen molar-refractivity contribution in [3.63, 3.8) is 0 Å². The fraction of sp³-hybridized carbons (Fsp3) is 0.435. The summed E-state index contributed by atoms with van der Waals surface area (Å²) >= 11 is 6.28. The molecule has 7 nitrogen and oxygen atoms in total. The number of imidazole rings is 1. The van der Waals surface area contributed by atoms with Gasteiger partial charge in [-0.05, 0) is 49.9 Å². The number of aryl methyl sites for hydroxylation is 1. The van der Waals surface area contributed by atoms with Gasteiger partial charge in [-0.1, -0.05) is 18.0 Å². The van der Waals surface area contributed by atoms with Crippen molar-refractivity contribution in [3.05, 3.63) is 52.7 Å². The molecule has 1 unspecified atom stereocenters. The number of hydrogen-bond acceptors (Lipinski definition) is 4. The molecule has 3 heterocycles. The second-order valence-electron chi connectivity index (χ2n) is 8.48. The zero-order valence-electron chi connectivity index (χ0n) is 17.7. The van der Waals surface area contributed by atoms with E-state index in [0.717, 1.165) is 28.6 Å². The van der Waals surface area contributed by atoms with Gasteiger partial charge in [-0.2, -0.15) is 0 Å². The predicted molar refractivity (Wildman–Crippen MR) is 117 cm³/mol. The van der Waals surface area contributed by atoms with E-state index in [1.807, 2.05) is 30.0 Å². The third-order valence-electron chi connectivity index (χ3n) is 6.84. The number of amides is 1. The number of carbonyl (C=O) groups excluding carboxylic acids is 2. The number of aromatic nitrogens is 3. The third-order valence-corrected chi connectivity index (χ3v) is 7.07. The summed E-state index contributed by atoms with van der Waals surface area (Å²) in [5, 5.41) is 1.72. The minimum absolute atomic E-state index is 0.122. The molecular weight excluding hydrogens is 416 g/mol. The molecule has 1 N–H and O–H groups in total. The molecule has 2 aliphatic rings. The molecule has 1 aromatic carbocycles. The highest BCUT2D eigenvalue weighted by atomic mass is 35.5. The molecule has 162 valence electrons. The Hall–Kier alpha value is -2.80. The van der Waals surface area contributed by atoms with Gasteiger partial charge in [-0.15, -0.1) is 0 Å². The first-order valence-corrected chi connectivity index (χ1v) is 11.1. The third kappa shape index (κ3) is 2.97. The average molecular weight is 441 g/mol. The number of fused-ring (bicyclic) bond motifs is 3. The summed E-state index contributed by atoms with van der Waals surface area (Å²) in [6.07, 6.45) is 6.21. The van der Waals surface area contributed by atoms with Crippen LogP contribution in [-0.4, -0.2) is 44.5 Å². The van der Waals surface area contributed by atoms with Crippen LogP contribution in [0.3, 0.4) is 0 Å². The highest BCUT2D eigenvalue weighted by Crippen LogP contribution is 2.56. The summed E-state index contributed by atoms with van der Waals surface area (Å²) in [6, 6.07) is 5.35. The maximum atomic E-state index is 13.6. The van der Waals surface area contributed by atoms with Crippen LogP contribution in [-0.2, 0) is 23.0 Å². The molecule has 2 aromatic heterocycles. The molecule has 0 spiro atoms. The van der Waals surface area contributed by atoms with E-state index in [4.69, 9.17) is 16.3 Å². The van der Waals surface area contributed by atoms with Crippen LogP contribution in [0, 0.1) is 5.41 Å². The SMILES string of the molecule is CCOC(=O)C1(C2c3[nH]c4ccc(Cl)cc4c3CCN2C(=O)c2cncn2C)CCC1. The van der Waals surface area contributed by atoms with Crippen LogP contribution >= 0.6 is 11.6 Å². The number of halogens is 1. The lowest BCUT2D eigenvalue weighted by atomic mass is 9.61. The zero-order chi connectivity index (χ0) is 21.8. The number of esters is 1. The molecule has 1 fully saturated rings. The lowest BCUT2D eigenvalue weighted by Gasteiger charge is -2.50. The molecule has 1 atom stereocenters. The van der Waals surface area contributed by atoms with Gasteiger partial charge in [0.05, 0.1) is 30.6 Å². The second kappa shape index (κ2) is 7.41. The molecular formula is C23H25ClN4O3. The Morgan fingerprint density at radius 1 is 1.35 bits per heavy atom. The summed E-state index contributed by atoms with van der Waals surface area (Å²) < 4.78 is 7.24. The maximum Gasteiger partial charge on any atom is 0.314 e. The normalized spacial score (nSPS) is 19.7. The topological polar surface area (TPSA) is 80.2 Å². The van der Waals surface area contributed by atoms with E-state index in [2.05, 4.69) is 9.97 Å². The van der Waals surface area contributed by atoms with Gasteiger partial charge < -0.3 is 19.2 Å². The molecule has 0 bridgehead atoms. The largest absolute Gasteiger partial charge is 0.465 e. The highest BCUT2D eigenvalue weighted by molar-refractivity contribution is 6.31. The van der Waals surface area contributed by atoms with Crippen LogP contribution in [0.4, 0.5) is 0 Å². The molecule has 31 heavy (non-hydrogen) atoms. The first-order chi connectivity index (χ1) is 15.0. The van der Waals surface area contributed by atoms with E-state index in [9.17, 15) is 9.59 Å². The van der Waals surface area contributed by atoms with Crippen molar-refractivity contribution >= 4 is 34.4 Å². The molecule has 5 rings (SSSR count). The Kier molecular flexibility index (Phi) is 4.81. The summed E-state index contributed by atoms with van der Waals surface area (Å²) in [5.41, 5.74) is 2.78. The summed E-state index contributed by atoms with van der Waals surface area (Å²) in [6.45, 7) is 2.65. The van der Waals surface area contributed by atoms with Gasteiger partial charge in [-0.3, -0.25) is 9.59 Å². The van der Waals surface area contributed by atoms with Crippen molar-refractivity contribution in [1.82, 2.24) is 19.4 Å². The van der Waals surface area contributed by atoms with E-state index in [1.54, 1.807) is 24.1 Å². The van der Waals surface area contributed by atoms with Crippen molar-refractivity contribution < 1.29 is 14.3 Å². The van der Waals surface area contributed by atoms with Gasteiger partial charge in [0, 0.05) is 35.2 Å². The first-order valence-electron chi connectivity index (χ1n) is 10.7. The quantitative estimate of drug-likeness (QED) is 0.621. The van der Waals surface area contributed by atoms with Gasteiger partial charge in [0.1, 0.15) is 5.69 Å². The number of nitrogens with one attached hydrogen (secondary N) is 1. The Labute approximate surface area is 185 Å². The molecule has 1 amide bonds. The maximum absolute atomic E-state index is 13.6.